The molecule has 6 nitrogen and oxygen atoms in total. The molecule has 3 aromatic rings. The molecular weight excluding hydrogens is 386 g/mol. The second kappa shape index (κ2) is 9.20. The largest absolute Gasteiger partial charge is 0.322 e. The van der Waals surface area contributed by atoms with Crippen LogP contribution in [-0.2, 0) is 11.3 Å². The predicted molar refractivity (Wildman–Crippen MR) is 122 cm³/mol. The summed E-state index contributed by atoms with van der Waals surface area (Å²) in [6.07, 6.45) is 6.64. The van der Waals surface area contributed by atoms with Crippen LogP contribution in [0.3, 0.4) is 0 Å². The van der Waals surface area contributed by atoms with Gasteiger partial charge >= 0.3 is 0 Å². The second-order valence-corrected chi connectivity index (χ2v) is 9.14. The van der Waals surface area contributed by atoms with Crippen LogP contribution in [-0.4, -0.2) is 48.4 Å². The molecule has 2 aromatic carbocycles. The number of nitrogens with one attached hydrogen (secondary N) is 3. The molecule has 31 heavy (non-hydrogen) atoms. The van der Waals surface area contributed by atoms with Crippen LogP contribution in [0.4, 0.5) is 5.82 Å². The Morgan fingerprint density at radius 1 is 0.968 bits per heavy atom. The Balaban J connectivity index is 1.13. The Kier molecular flexibility index (Phi) is 6.00. The zero-order valence-electron chi connectivity index (χ0n) is 18.1. The number of rotatable bonds is 6. The van der Waals surface area contributed by atoms with E-state index in [0.29, 0.717) is 12.6 Å². The van der Waals surface area contributed by atoms with Crippen LogP contribution in [0.5, 0.6) is 0 Å². The normalized spacial score (nSPS) is 22.1. The summed E-state index contributed by atoms with van der Waals surface area (Å²) in [4.78, 5) is 15.7. The maximum atomic E-state index is 12.7. The highest BCUT2D eigenvalue weighted by molar-refractivity contribution is 5.90. The molecule has 6 heteroatoms. The SMILES string of the molecule is O=C(C[NH+]1CC[NH+](Cc2cccc3ccccc23)CC1)Nc1ccnn1C1CCCC1. The Morgan fingerprint density at radius 2 is 1.71 bits per heavy atom. The zero-order valence-corrected chi connectivity index (χ0v) is 18.1. The fourth-order valence-electron chi connectivity index (χ4n) is 5.29. The molecule has 0 radical (unpaired) electrons. The number of quaternary nitrogens is 2. The Hall–Kier alpha value is -2.70. The van der Waals surface area contributed by atoms with Crippen LogP contribution in [0, 0.1) is 0 Å². The summed E-state index contributed by atoms with van der Waals surface area (Å²) in [5.74, 6) is 0.962. The van der Waals surface area contributed by atoms with E-state index in [-0.39, 0.29) is 5.91 Å². The number of benzene rings is 2. The van der Waals surface area contributed by atoms with E-state index in [1.165, 1.54) is 34.1 Å². The van der Waals surface area contributed by atoms with E-state index >= 15 is 0 Å². The molecule has 1 aliphatic carbocycles. The van der Waals surface area contributed by atoms with Gasteiger partial charge in [-0.3, -0.25) is 4.79 Å². The van der Waals surface area contributed by atoms with Crippen molar-refractivity contribution in [3.63, 3.8) is 0 Å². The van der Waals surface area contributed by atoms with Crippen molar-refractivity contribution in [3.05, 3.63) is 60.3 Å². The standard InChI is InChI=1S/C25H31N5O/c31-25(27-24-12-13-26-30(24)22-9-2-3-10-22)19-29-16-14-28(15-17-29)18-21-8-5-7-20-6-1-4-11-23(20)21/h1,4-8,11-13,22H,2-3,9-10,14-19H2,(H,27,31)/p+2. The minimum Gasteiger partial charge on any atom is -0.322 e. The van der Waals surface area contributed by atoms with E-state index in [4.69, 9.17) is 0 Å². The summed E-state index contributed by atoms with van der Waals surface area (Å²) in [5, 5.41) is 10.3. The van der Waals surface area contributed by atoms with E-state index in [1.54, 1.807) is 11.1 Å². The summed E-state index contributed by atoms with van der Waals surface area (Å²) in [6.45, 7) is 5.88. The minimum absolute atomic E-state index is 0.104. The fraction of sp³-hybridized carbons (Fsp3) is 0.440. The molecule has 2 fully saturated rings. The van der Waals surface area contributed by atoms with Gasteiger partial charge in [0.05, 0.1) is 12.2 Å². The monoisotopic (exact) mass is 419 g/mol. The highest BCUT2D eigenvalue weighted by Gasteiger charge is 2.26. The number of carbonyl (C=O) groups is 1. The lowest BCUT2D eigenvalue weighted by atomic mass is 10.0. The molecule has 0 unspecified atom stereocenters. The Labute approximate surface area is 183 Å². The number of fused-ring (bicyclic) bond motifs is 1. The minimum atomic E-state index is 0.104. The molecule has 2 heterocycles. The second-order valence-electron chi connectivity index (χ2n) is 9.14. The third kappa shape index (κ3) is 4.65. The molecule has 1 amide bonds. The molecule has 1 saturated carbocycles. The number of piperazine rings is 1. The smallest absolute Gasteiger partial charge is 0.280 e. The zero-order chi connectivity index (χ0) is 21.0. The number of hydrogen-bond acceptors (Lipinski definition) is 2. The van der Waals surface area contributed by atoms with Crippen molar-refractivity contribution in [3.8, 4) is 0 Å². The van der Waals surface area contributed by atoms with E-state index in [0.717, 1.165) is 51.4 Å². The summed E-state index contributed by atoms with van der Waals surface area (Å²) >= 11 is 0. The number of carbonyl (C=O) groups excluding carboxylic acids is 1. The van der Waals surface area contributed by atoms with Crippen molar-refractivity contribution in [2.45, 2.75) is 38.3 Å². The van der Waals surface area contributed by atoms with Crippen molar-refractivity contribution in [1.29, 1.82) is 0 Å². The van der Waals surface area contributed by atoms with Crippen LogP contribution >= 0.6 is 0 Å². The fourth-order valence-corrected chi connectivity index (χ4v) is 5.29. The van der Waals surface area contributed by atoms with Gasteiger partial charge in [-0.2, -0.15) is 5.10 Å². The average molecular weight is 420 g/mol. The van der Waals surface area contributed by atoms with Crippen molar-refractivity contribution < 1.29 is 14.6 Å². The van der Waals surface area contributed by atoms with E-state index < -0.39 is 0 Å². The summed E-state index contributed by atoms with van der Waals surface area (Å²) < 4.78 is 2.02. The summed E-state index contributed by atoms with van der Waals surface area (Å²) in [5.41, 5.74) is 1.43. The van der Waals surface area contributed by atoms with Gasteiger partial charge in [-0.25, -0.2) is 4.68 Å². The highest BCUT2D eigenvalue weighted by atomic mass is 16.2. The highest BCUT2D eigenvalue weighted by Crippen LogP contribution is 2.31. The van der Waals surface area contributed by atoms with Crippen LogP contribution < -0.4 is 15.1 Å². The third-order valence-electron chi connectivity index (χ3n) is 7.00. The van der Waals surface area contributed by atoms with Crippen LogP contribution in [0.15, 0.2) is 54.7 Å². The van der Waals surface area contributed by atoms with Crippen LogP contribution in [0.2, 0.25) is 0 Å². The number of hydrogen-bond donors (Lipinski definition) is 3. The number of anilines is 1. The van der Waals surface area contributed by atoms with Gasteiger partial charge in [0.2, 0.25) is 0 Å². The summed E-state index contributed by atoms with van der Waals surface area (Å²) in [6, 6.07) is 17.6. The van der Waals surface area contributed by atoms with Crippen molar-refractivity contribution in [2.24, 2.45) is 0 Å². The lowest BCUT2D eigenvalue weighted by Gasteiger charge is -2.29. The molecule has 3 N–H and O–H groups in total. The van der Waals surface area contributed by atoms with Crippen molar-refractivity contribution in [2.75, 3.05) is 38.0 Å². The van der Waals surface area contributed by atoms with Crippen molar-refractivity contribution >= 4 is 22.5 Å². The molecule has 162 valence electrons. The number of amides is 1. The molecule has 5 rings (SSSR count). The summed E-state index contributed by atoms with van der Waals surface area (Å²) in [7, 11) is 0. The molecule has 1 saturated heterocycles. The van der Waals surface area contributed by atoms with E-state index in [1.807, 2.05) is 10.7 Å². The Morgan fingerprint density at radius 3 is 2.55 bits per heavy atom. The van der Waals surface area contributed by atoms with Gasteiger partial charge in [0, 0.05) is 11.6 Å². The molecule has 1 aromatic heterocycles. The maximum absolute atomic E-state index is 12.7. The number of nitrogens with zero attached hydrogens (tertiary/aromatic N) is 2. The van der Waals surface area contributed by atoms with Crippen LogP contribution in [0.25, 0.3) is 10.8 Å². The maximum Gasteiger partial charge on any atom is 0.280 e. The van der Waals surface area contributed by atoms with E-state index in [2.05, 4.69) is 52.9 Å². The average Bonchev–Trinajstić information content (AvgIpc) is 3.47. The quantitative estimate of drug-likeness (QED) is 0.560. The molecule has 0 spiro atoms. The first-order chi connectivity index (χ1) is 15.3. The third-order valence-corrected chi connectivity index (χ3v) is 7.00. The van der Waals surface area contributed by atoms with Crippen LogP contribution in [0.1, 0.15) is 37.3 Å². The molecule has 1 aliphatic heterocycles. The topological polar surface area (TPSA) is 55.8 Å². The van der Waals surface area contributed by atoms with Gasteiger partial charge in [-0.1, -0.05) is 55.3 Å². The van der Waals surface area contributed by atoms with Gasteiger partial charge < -0.3 is 15.1 Å². The first-order valence-corrected chi connectivity index (χ1v) is 11.7. The van der Waals surface area contributed by atoms with Gasteiger partial charge in [0.15, 0.2) is 6.54 Å². The van der Waals surface area contributed by atoms with Gasteiger partial charge in [0.1, 0.15) is 38.5 Å². The van der Waals surface area contributed by atoms with Gasteiger partial charge in [0.25, 0.3) is 5.91 Å². The van der Waals surface area contributed by atoms with Gasteiger partial charge in [-0.15, -0.1) is 0 Å². The predicted octanol–water partition coefficient (Wildman–Crippen LogP) is 1.07. The van der Waals surface area contributed by atoms with E-state index in [9.17, 15) is 4.79 Å². The lowest BCUT2D eigenvalue weighted by Crippen LogP contribution is -3.28. The van der Waals surface area contributed by atoms with Gasteiger partial charge in [-0.05, 0) is 23.6 Å². The molecule has 2 aliphatic rings. The molecular formula is C25H33N5O+2. The first-order valence-electron chi connectivity index (χ1n) is 11.7. The Bertz CT molecular complexity index is 1030. The first kappa shape index (κ1) is 20.2. The van der Waals surface area contributed by atoms with Crippen molar-refractivity contribution in [1.82, 2.24) is 9.78 Å². The molecule has 0 bridgehead atoms. The lowest BCUT2D eigenvalue weighted by molar-refractivity contribution is -1.01. The number of aromatic nitrogens is 2. The molecule has 0 atom stereocenters.